The molecule has 0 saturated carbocycles. The van der Waals surface area contributed by atoms with Gasteiger partial charge in [0.2, 0.25) is 0 Å². The number of benzene rings is 2. The molecular formula is C14H10BrClF3N. The summed E-state index contributed by atoms with van der Waals surface area (Å²) in [6.07, 6.45) is -0.0565. The largest absolute Gasteiger partial charge is 0.324 e. The summed E-state index contributed by atoms with van der Waals surface area (Å²) in [5, 5.41) is -0.0758. The third-order valence-corrected chi connectivity index (χ3v) is 3.84. The molecule has 0 amide bonds. The van der Waals surface area contributed by atoms with Gasteiger partial charge in [0, 0.05) is 11.6 Å². The van der Waals surface area contributed by atoms with E-state index in [-0.39, 0.29) is 21.5 Å². The Labute approximate surface area is 127 Å². The molecule has 0 bridgehead atoms. The van der Waals surface area contributed by atoms with Crippen molar-refractivity contribution in [3.8, 4) is 0 Å². The molecule has 106 valence electrons. The Kier molecular flexibility index (Phi) is 4.73. The van der Waals surface area contributed by atoms with Gasteiger partial charge in [0.05, 0.1) is 9.50 Å². The van der Waals surface area contributed by atoms with Crippen LogP contribution < -0.4 is 5.73 Å². The quantitative estimate of drug-likeness (QED) is 0.781. The van der Waals surface area contributed by atoms with E-state index in [0.717, 1.165) is 6.07 Å². The molecule has 0 aliphatic heterocycles. The number of halogens is 5. The van der Waals surface area contributed by atoms with Gasteiger partial charge in [0.15, 0.2) is 0 Å². The Hall–Kier alpha value is -1.04. The van der Waals surface area contributed by atoms with Gasteiger partial charge in [-0.05, 0) is 52.2 Å². The average molecular weight is 365 g/mol. The summed E-state index contributed by atoms with van der Waals surface area (Å²) in [5.41, 5.74) is 6.30. The standard InChI is InChI=1S/C14H10BrClF3N/c15-9-2-4-11(17)8(14(9)19)6-13(20)7-1-3-12(18)10(16)5-7/h1-5,13H,6,20H2. The highest BCUT2D eigenvalue weighted by Gasteiger charge is 2.17. The molecule has 0 radical (unpaired) electrons. The van der Waals surface area contributed by atoms with Crippen molar-refractivity contribution >= 4 is 27.5 Å². The van der Waals surface area contributed by atoms with E-state index in [1.54, 1.807) is 0 Å². The van der Waals surface area contributed by atoms with Gasteiger partial charge in [-0.25, -0.2) is 13.2 Å². The predicted octanol–water partition coefficient (Wildman–Crippen LogP) is 4.76. The van der Waals surface area contributed by atoms with Crippen LogP contribution in [0.25, 0.3) is 0 Å². The van der Waals surface area contributed by atoms with Crippen molar-refractivity contribution in [3.05, 3.63) is 68.4 Å². The molecule has 1 atom stereocenters. The second-order valence-corrected chi connectivity index (χ2v) is 5.57. The van der Waals surface area contributed by atoms with Crippen LogP contribution in [0.3, 0.4) is 0 Å². The normalized spacial score (nSPS) is 12.5. The average Bonchev–Trinajstić information content (AvgIpc) is 2.42. The SMILES string of the molecule is NC(Cc1c(F)ccc(Br)c1F)c1ccc(F)c(Cl)c1. The Morgan fingerprint density at radius 2 is 1.75 bits per heavy atom. The maximum atomic E-state index is 13.9. The highest BCUT2D eigenvalue weighted by Crippen LogP contribution is 2.27. The molecule has 0 saturated heterocycles. The summed E-state index contributed by atoms with van der Waals surface area (Å²) in [7, 11) is 0. The minimum atomic E-state index is -0.689. The van der Waals surface area contributed by atoms with E-state index in [1.807, 2.05) is 0 Å². The van der Waals surface area contributed by atoms with Gasteiger partial charge in [0.25, 0.3) is 0 Å². The molecule has 0 aromatic heterocycles. The predicted molar refractivity (Wildman–Crippen MR) is 76.1 cm³/mol. The van der Waals surface area contributed by atoms with Crippen molar-refractivity contribution in [2.75, 3.05) is 0 Å². The summed E-state index contributed by atoms with van der Waals surface area (Å²) in [4.78, 5) is 0. The molecule has 1 nitrogen and oxygen atoms in total. The molecular weight excluding hydrogens is 355 g/mol. The Morgan fingerprint density at radius 1 is 1.10 bits per heavy atom. The Morgan fingerprint density at radius 3 is 2.40 bits per heavy atom. The maximum Gasteiger partial charge on any atom is 0.143 e. The Balaban J connectivity index is 2.30. The van der Waals surface area contributed by atoms with E-state index >= 15 is 0 Å². The fourth-order valence-corrected chi connectivity index (χ4v) is 2.40. The van der Waals surface area contributed by atoms with Crippen molar-refractivity contribution in [3.63, 3.8) is 0 Å². The lowest BCUT2D eigenvalue weighted by atomic mass is 9.99. The van der Waals surface area contributed by atoms with E-state index in [4.69, 9.17) is 17.3 Å². The fraction of sp³-hybridized carbons (Fsp3) is 0.143. The molecule has 2 N–H and O–H groups in total. The second kappa shape index (κ2) is 6.16. The monoisotopic (exact) mass is 363 g/mol. The van der Waals surface area contributed by atoms with Crippen LogP contribution in [0.2, 0.25) is 5.02 Å². The van der Waals surface area contributed by atoms with Gasteiger partial charge in [-0.2, -0.15) is 0 Å². The zero-order valence-corrected chi connectivity index (χ0v) is 12.5. The van der Waals surface area contributed by atoms with Crippen LogP contribution in [0, 0.1) is 17.5 Å². The highest BCUT2D eigenvalue weighted by atomic mass is 79.9. The van der Waals surface area contributed by atoms with E-state index in [1.165, 1.54) is 24.3 Å². The van der Waals surface area contributed by atoms with Crippen LogP contribution in [0.4, 0.5) is 13.2 Å². The lowest BCUT2D eigenvalue weighted by molar-refractivity contribution is 0.535. The minimum absolute atomic E-state index is 0.0565. The zero-order chi connectivity index (χ0) is 14.9. The number of rotatable bonds is 3. The first-order valence-electron chi connectivity index (χ1n) is 5.73. The summed E-state index contributed by atoms with van der Waals surface area (Å²) in [6.45, 7) is 0. The summed E-state index contributed by atoms with van der Waals surface area (Å²) in [5.74, 6) is -1.93. The van der Waals surface area contributed by atoms with E-state index < -0.39 is 23.5 Å². The van der Waals surface area contributed by atoms with Gasteiger partial charge in [-0.15, -0.1) is 0 Å². The lowest BCUT2D eigenvalue weighted by Crippen LogP contribution is -2.15. The van der Waals surface area contributed by atoms with Crippen molar-refractivity contribution in [2.45, 2.75) is 12.5 Å². The van der Waals surface area contributed by atoms with Crippen LogP contribution in [0.1, 0.15) is 17.2 Å². The number of nitrogens with two attached hydrogens (primary N) is 1. The smallest absolute Gasteiger partial charge is 0.143 e. The molecule has 20 heavy (non-hydrogen) atoms. The van der Waals surface area contributed by atoms with Crippen LogP contribution in [0.5, 0.6) is 0 Å². The van der Waals surface area contributed by atoms with Crippen molar-refractivity contribution < 1.29 is 13.2 Å². The first-order chi connectivity index (χ1) is 9.40. The van der Waals surface area contributed by atoms with Gasteiger partial charge in [-0.3, -0.25) is 0 Å². The minimum Gasteiger partial charge on any atom is -0.324 e. The molecule has 0 aliphatic rings. The van der Waals surface area contributed by atoms with Gasteiger partial charge in [-0.1, -0.05) is 17.7 Å². The fourth-order valence-electron chi connectivity index (χ4n) is 1.84. The molecule has 2 aromatic carbocycles. The van der Waals surface area contributed by atoms with Crippen LogP contribution in [-0.2, 0) is 6.42 Å². The van der Waals surface area contributed by atoms with Gasteiger partial charge < -0.3 is 5.73 Å². The molecule has 6 heteroatoms. The number of hydrogen-bond acceptors (Lipinski definition) is 1. The molecule has 0 aliphatic carbocycles. The topological polar surface area (TPSA) is 26.0 Å². The maximum absolute atomic E-state index is 13.9. The highest BCUT2D eigenvalue weighted by molar-refractivity contribution is 9.10. The third kappa shape index (κ3) is 3.16. The van der Waals surface area contributed by atoms with Gasteiger partial charge in [0.1, 0.15) is 17.5 Å². The van der Waals surface area contributed by atoms with Crippen molar-refractivity contribution in [2.24, 2.45) is 5.73 Å². The van der Waals surface area contributed by atoms with Crippen LogP contribution in [-0.4, -0.2) is 0 Å². The molecule has 0 spiro atoms. The summed E-state index contributed by atoms with van der Waals surface area (Å²) >= 11 is 8.66. The van der Waals surface area contributed by atoms with Crippen LogP contribution >= 0.6 is 27.5 Å². The summed E-state index contributed by atoms with van der Waals surface area (Å²) in [6, 6.07) is 5.73. The van der Waals surface area contributed by atoms with Crippen molar-refractivity contribution in [1.29, 1.82) is 0 Å². The molecule has 2 rings (SSSR count). The molecule has 1 unspecified atom stereocenters. The van der Waals surface area contributed by atoms with E-state index in [9.17, 15) is 13.2 Å². The van der Waals surface area contributed by atoms with Gasteiger partial charge >= 0.3 is 0 Å². The molecule has 0 fully saturated rings. The van der Waals surface area contributed by atoms with Crippen LogP contribution in [0.15, 0.2) is 34.8 Å². The second-order valence-electron chi connectivity index (χ2n) is 4.31. The molecule has 2 aromatic rings. The first kappa shape index (κ1) is 15.4. The van der Waals surface area contributed by atoms with E-state index in [2.05, 4.69) is 15.9 Å². The first-order valence-corrected chi connectivity index (χ1v) is 6.90. The number of hydrogen-bond donors (Lipinski definition) is 1. The van der Waals surface area contributed by atoms with E-state index in [0.29, 0.717) is 5.56 Å². The zero-order valence-electron chi connectivity index (χ0n) is 10.1. The lowest BCUT2D eigenvalue weighted by Gasteiger charge is -2.14. The van der Waals surface area contributed by atoms with Crippen molar-refractivity contribution in [1.82, 2.24) is 0 Å². The molecule has 0 heterocycles. The Bertz CT molecular complexity index is 649. The summed E-state index contributed by atoms with van der Waals surface area (Å²) < 4.78 is 40.7. The third-order valence-electron chi connectivity index (χ3n) is 2.93.